The van der Waals surface area contributed by atoms with Gasteiger partial charge in [0.05, 0.1) is 17.3 Å². The Morgan fingerprint density at radius 2 is 1.90 bits per heavy atom. The molecule has 0 radical (unpaired) electrons. The number of rotatable bonds is 7. The number of carbonyl (C=O) groups is 2. The van der Waals surface area contributed by atoms with Gasteiger partial charge >= 0.3 is 0 Å². The normalized spacial score (nSPS) is 14.2. The molecular formula is C22H23ClN2O3S. The van der Waals surface area contributed by atoms with Gasteiger partial charge in [-0.1, -0.05) is 35.5 Å². The fourth-order valence-electron chi connectivity index (χ4n) is 3.13. The topological polar surface area (TPSA) is 49.9 Å². The minimum Gasteiger partial charge on any atom is -0.383 e. The van der Waals surface area contributed by atoms with Crippen LogP contribution in [0.25, 0.3) is 0 Å². The third kappa shape index (κ3) is 5.21. The second-order valence-electron chi connectivity index (χ2n) is 6.72. The van der Waals surface area contributed by atoms with Gasteiger partial charge in [-0.15, -0.1) is 0 Å². The van der Waals surface area contributed by atoms with Crippen molar-refractivity contribution in [3.8, 4) is 0 Å². The van der Waals surface area contributed by atoms with E-state index >= 15 is 0 Å². The maximum Gasteiger partial charge on any atom is 0.223 e. The number of carbonyl (C=O) groups excluding carboxylic acids is 2. The number of benzene rings is 2. The van der Waals surface area contributed by atoms with Crippen LogP contribution in [0.4, 0.5) is 11.4 Å². The van der Waals surface area contributed by atoms with Gasteiger partial charge < -0.3 is 14.5 Å². The first kappa shape index (κ1) is 21.4. The van der Waals surface area contributed by atoms with Gasteiger partial charge in [0.1, 0.15) is 0 Å². The lowest BCUT2D eigenvalue weighted by Gasteiger charge is -2.24. The monoisotopic (exact) mass is 430 g/mol. The first-order chi connectivity index (χ1) is 13.9. The second kappa shape index (κ2) is 9.48. The molecule has 5 nitrogen and oxygen atoms in total. The molecule has 1 aliphatic rings. The third-order valence-electron chi connectivity index (χ3n) is 4.51. The maximum atomic E-state index is 12.1. The highest BCUT2D eigenvalue weighted by molar-refractivity contribution is 8.03. The number of hydrogen-bond donors (Lipinski definition) is 0. The molecule has 0 saturated heterocycles. The van der Waals surface area contributed by atoms with Crippen LogP contribution >= 0.6 is 23.4 Å². The fourth-order valence-corrected chi connectivity index (χ4v) is 4.38. The smallest absolute Gasteiger partial charge is 0.223 e. The van der Waals surface area contributed by atoms with Crippen LogP contribution in [0.3, 0.4) is 0 Å². The van der Waals surface area contributed by atoms with Crippen LogP contribution in [0.2, 0.25) is 5.02 Å². The summed E-state index contributed by atoms with van der Waals surface area (Å²) in [5.41, 5.74) is 2.85. The molecule has 0 unspecified atom stereocenters. The lowest BCUT2D eigenvalue weighted by molar-refractivity contribution is -0.116. The van der Waals surface area contributed by atoms with Crippen molar-refractivity contribution in [1.29, 1.82) is 0 Å². The second-order valence-corrected chi connectivity index (χ2v) is 8.22. The number of allylic oxidation sites excluding steroid dienone is 1. The molecule has 0 N–H and O–H groups in total. The molecule has 0 bridgehead atoms. The highest BCUT2D eigenvalue weighted by atomic mass is 35.5. The van der Waals surface area contributed by atoms with Crippen LogP contribution in [0.5, 0.6) is 0 Å². The average molecular weight is 431 g/mol. The van der Waals surface area contributed by atoms with Crippen molar-refractivity contribution in [3.05, 3.63) is 64.2 Å². The molecule has 2 aromatic carbocycles. The van der Waals surface area contributed by atoms with Gasteiger partial charge in [-0.2, -0.15) is 0 Å². The van der Waals surface area contributed by atoms with E-state index in [4.69, 9.17) is 16.3 Å². The minimum absolute atomic E-state index is 0.00732. The highest BCUT2D eigenvalue weighted by Crippen LogP contribution is 2.48. The molecule has 0 fully saturated rings. The Morgan fingerprint density at radius 3 is 2.52 bits per heavy atom. The van der Waals surface area contributed by atoms with Crippen LogP contribution in [-0.4, -0.2) is 32.0 Å². The van der Waals surface area contributed by atoms with Crippen LogP contribution in [0.15, 0.2) is 58.5 Å². The van der Waals surface area contributed by atoms with E-state index in [9.17, 15) is 9.59 Å². The van der Waals surface area contributed by atoms with E-state index in [1.807, 2.05) is 42.5 Å². The predicted molar refractivity (Wildman–Crippen MR) is 119 cm³/mol. The zero-order chi connectivity index (χ0) is 21.0. The summed E-state index contributed by atoms with van der Waals surface area (Å²) in [6.07, 6.45) is 1.65. The molecule has 0 aliphatic carbocycles. The maximum absolute atomic E-state index is 12.1. The van der Waals surface area contributed by atoms with Crippen molar-refractivity contribution in [2.75, 3.05) is 30.1 Å². The zero-order valence-corrected chi connectivity index (χ0v) is 18.2. The molecule has 1 heterocycles. The van der Waals surface area contributed by atoms with E-state index in [1.54, 1.807) is 43.7 Å². The number of nitrogens with zero attached hydrogens (tertiary/aromatic N) is 2. The van der Waals surface area contributed by atoms with Gasteiger partial charge in [0, 0.05) is 48.8 Å². The van der Waals surface area contributed by atoms with Crippen LogP contribution < -0.4 is 9.80 Å². The molecule has 0 aromatic heterocycles. The van der Waals surface area contributed by atoms with Crippen molar-refractivity contribution >= 4 is 46.4 Å². The Labute approximate surface area is 180 Å². The highest BCUT2D eigenvalue weighted by Gasteiger charge is 2.27. The first-order valence-corrected chi connectivity index (χ1v) is 10.4. The summed E-state index contributed by atoms with van der Waals surface area (Å²) in [7, 11) is 1.62. The minimum atomic E-state index is -0.0450. The molecule has 2 aromatic rings. The molecule has 152 valence electrons. The van der Waals surface area contributed by atoms with Gasteiger partial charge in [-0.3, -0.25) is 9.59 Å². The van der Waals surface area contributed by atoms with Gasteiger partial charge in [0.2, 0.25) is 5.91 Å². The Kier molecular flexibility index (Phi) is 7.00. The van der Waals surface area contributed by atoms with Crippen LogP contribution in [-0.2, 0) is 20.9 Å². The summed E-state index contributed by atoms with van der Waals surface area (Å²) in [5, 5.41) is 1.55. The number of ketones is 1. The standard InChI is InChI=1S/C22H23ClN2O3S/c1-15(26)12-22-25(14-17-4-6-18(23)7-5-17)20-13-19(8-9-21(20)29-22)24(16(2)27)10-11-28-3/h4-9,12-13H,10-11,14H2,1-3H3/b22-12-. The Morgan fingerprint density at radius 1 is 1.17 bits per heavy atom. The van der Waals surface area contributed by atoms with E-state index < -0.39 is 0 Å². The first-order valence-electron chi connectivity index (χ1n) is 9.22. The summed E-state index contributed by atoms with van der Waals surface area (Å²) in [4.78, 5) is 28.8. The van der Waals surface area contributed by atoms with E-state index in [0.29, 0.717) is 24.7 Å². The zero-order valence-electron chi connectivity index (χ0n) is 16.6. The summed E-state index contributed by atoms with van der Waals surface area (Å²) in [5.74, 6) is -0.0523. The third-order valence-corrected chi connectivity index (χ3v) is 5.87. The fraction of sp³-hybridized carbons (Fsp3) is 0.273. The van der Waals surface area contributed by atoms with Crippen LogP contribution in [0.1, 0.15) is 19.4 Å². The number of hydrogen-bond acceptors (Lipinski definition) is 5. The average Bonchev–Trinajstić information content (AvgIpc) is 2.99. The van der Waals surface area contributed by atoms with E-state index in [-0.39, 0.29) is 11.7 Å². The van der Waals surface area contributed by atoms with Gasteiger partial charge in [-0.25, -0.2) is 0 Å². The summed E-state index contributed by atoms with van der Waals surface area (Å²) in [6.45, 7) is 4.62. The molecule has 3 rings (SSSR count). The van der Waals surface area contributed by atoms with Gasteiger partial charge in [-0.05, 0) is 42.8 Å². The lowest BCUT2D eigenvalue weighted by Crippen LogP contribution is -2.31. The Balaban J connectivity index is 1.98. The van der Waals surface area contributed by atoms with Gasteiger partial charge in [0.15, 0.2) is 5.78 Å². The summed E-state index contributed by atoms with van der Waals surface area (Å²) < 4.78 is 5.14. The molecule has 1 aliphatic heterocycles. The van der Waals surface area contributed by atoms with Crippen molar-refractivity contribution in [1.82, 2.24) is 0 Å². The number of halogens is 1. The predicted octanol–water partition coefficient (Wildman–Crippen LogP) is 4.88. The van der Waals surface area contributed by atoms with E-state index in [2.05, 4.69) is 4.90 Å². The quantitative estimate of drug-likeness (QED) is 0.586. The molecule has 0 saturated carbocycles. The van der Waals surface area contributed by atoms with Crippen molar-refractivity contribution < 1.29 is 14.3 Å². The summed E-state index contributed by atoms with van der Waals surface area (Å²) >= 11 is 7.57. The number of fused-ring (bicyclic) bond motifs is 1. The van der Waals surface area contributed by atoms with Crippen molar-refractivity contribution in [2.24, 2.45) is 0 Å². The van der Waals surface area contributed by atoms with Crippen molar-refractivity contribution in [2.45, 2.75) is 25.3 Å². The summed E-state index contributed by atoms with van der Waals surface area (Å²) in [6, 6.07) is 13.6. The Bertz CT molecular complexity index is 944. The van der Waals surface area contributed by atoms with Crippen molar-refractivity contribution in [3.63, 3.8) is 0 Å². The molecule has 29 heavy (non-hydrogen) atoms. The molecular weight excluding hydrogens is 408 g/mol. The van der Waals surface area contributed by atoms with E-state index in [1.165, 1.54) is 0 Å². The van der Waals surface area contributed by atoms with E-state index in [0.717, 1.165) is 26.9 Å². The lowest BCUT2D eigenvalue weighted by atomic mass is 10.2. The number of ether oxygens (including phenoxy) is 1. The Hall–Kier alpha value is -2.28. The number of amides is 1. The largest absolute Gasteiger partial charge is 0.383 e. The molecule has 0 spiro atoms. The van der Waals surface area contributed by atoms with Gasteiger partial charge in [0.25, 0.3) is 0 Å². The molecule has 7 heteroatoms. The molecule has 0 atom stereocenters. The molecule has 1 amide bonds. The number of methoxy groups -OCH3 is 1. The van der Waals surface area contributed by atoms with Crippen LogP contribution in [0, 0.1) is 0 Å². The number of thioether (sulfide) groups is 1. The SMILES string of the molecule is COCCN(C(C)=O)c1ccc2c(c1)N(Cc1ccc(Cl)cc1)/C(=C/C(C)=O)S2. The number of anilines is 2.